The summed E-state index contributed by atoms with van der Waals surface area (Å²) in [7, 11) is 4.80. The first-order chi connectivity index (χ1) is 16.0. The Labute approximate surface area is 198 Å². The molecule has 1 aliphatic carbocycles. The standard InChI is InChI=1S/C26H28N2O4S/c1-16-12-13-18-22(14-16)33-26(27-15-17-8-7-11-21(31-3)24(17)32-4)23(18)25(29)28-19-9-5-6-10-20(19)30-2/h5-11,15-16H,12-14H2,1-4H3,(H,28,29). The maximum Gasteiger partial charge on any atom is 0.259 e. The van der Waals surface area contributed by atoms with E-state index in [-0.39, 0.29) is 5.91 Å². The fraction of sp³-hybridized carbons (Fsp3) is 0.308. The zero-order valence-electron chi connectivity index (χ0n) is 19.3. The summed E-state index contributed by atoms with van der Waals surface area (Å²) in [5.41, 5.74) is 3.17. The summed E-state index contributed by atoms with van der Waals surface area (Å²) in [6, 6.07) is 13.1. The number of anilines is 1. The SMILES string of the molecule is COc1ccccc1NC(=O)c1c(N=Cc2cccc(OC)c2OC)sc2c1CCC(C)C2. The van der Waals surface area contributed by atoms with Gasteiger partial charge < -0.3 is 19.5 Å². The summed E-state index contributed by atoms with van der Waals surface area (Å²) < 4.78 is 16.3. The molecule has 1 unspecified atom stereocenters. The molecule has 0 fully saturated rings. The first-order valence-corrected chi connectivity index (χ1v) is 11.7. The zero-order chi connectivity index (χ0) is 23.4. The molecule has 0 radical (unpaired) electrons. The molecule has 33 heavy (non-hydrogen) atoms. The first kappa shape index (κ1) is 22.9. The van der Waals surface area contributed by atoms with E-state index in [1.807, 2.05) is 42.5 Å². The molecule has 0 spiro atoms. The molecule has 0 aliphatic heterocycles. The molecule has 1 atom stereocenters. The number of thiophene rings is 1. The lowest BCUT2D eigenvalue weighted by molar-refractivity contribution is 0.102. The van der Waals surface area contributed by atoms with Crippen LogP contribution in [0.2, 0.25) is 0 Å². The summed E-state index contributed by atoms with van der Waals surface area (Å²) in [6.07, 6.45) is 4.64. The lowest BCUT2D eigenvalue weighted by Gasteiger charge is -2.18. The Hall–Kier alpha value is -3.32. The fourth-order valence-electron chi connectivity index (χ4n) is 4.14. The monoisotopic (exact) mass is 464 g/mol. The summed E-state index contributed by atoms with van der Waals surface area (Å²) in [5.74, 6) is 2.29. The van der Waals surface area contributed by atoms with E-state index in [0.717, 1.165) is 30.4 Å². The Morgan fingerprint density at radius 3 is 2.58 bits per heavy atom. The molecule has 4 rings (SSSR count). The van der Waals surface area contributed by atoms with Gasteiger partial charge in [0, 0.05) is 16.7 Å². The Kier molecular flexibility index (Phi) is 6.99. The van der Waals surface area contributed by atoms with Crippen molar-refractivity contribution in [1.82, 2.24) is 0 Å². The lowest BCUT2D eigenvalue weighted by atomic mass is 9.88. The quantitative estimate of drug-likeness (QED) is 0.442. The van der Waals surface area contributed by atoms with Crippen LogP contribution in [0, 0.1) is 5.92 Å². The first-order valence-electron chi connectivity index (χ1n) is 10.9. The molecule has 1 N–H and O–H groups in total. The highest BCUT2D eigenvalue weighted by molar-refractivity contribution is 7.16. The Morgan fingerprint density at radius 1 is 1.06 bits per heavy atom. The molecule has 0 saturated heterocycles. The summed E-state index contributed by atoms with van der Waals surface area (Å²) in [4.78, 5) is 19.5. The van der Waals surface area contributed by atoms with E-state index >= 15 is 0 Å². The highest BCUT2D eigenvalue weighted by atomic mass is 32.1. The van der Waals surface area contributed by atoms with Crippen LogP contribution in [0.4, 0.5) is 10.7 Å². The van der Waals surface area contributed by atoms with E-state index in [0.29, 0.717) is 39.4 Å². The van der Waals surface area contributed by atoms with Gasteiger partial charge in [-0.2, -0.15) is 0 Å². The molecule has 6 nitrogen and oxygen atoms in total. The van der Waals surface area contributed by atoms with Crippen LogP contribution >= 0.6 is 11.3 Å². The second kappa shape index (κ2) is 10.1. The summed E-state index contributed by atoms with van der Waals surface area (Å²) >= 11 is 1.60. The van der Waals surface area contributed by atoms with Crippen molar-refractivity contribution in [1.29, 1.82) is 0 Å². The number of carbonyl (C=O) groups is 1. The van der Waals surface area contributed by atoms with Gasteiger partial charge in [-0.1, -0.05) is 25.1 Å². The van der Waals surface area contributed by atoms with Crippen molar-refractivity contribution < 1.29 is 19.0 Å². The van der Waals surface area contributed by atoms with Crippen molar-refractivity contribution in [2.24, 2.45) is 10.9 Å². The average molecular weight is 465 g/mol. The van der Waals surface area contributed by atoms with E-state index in [1.54, 1.807) is 38.9 Å². The molecule has 1 aliphatic rings. The highest BCUT2D eigenvalue weighted by Crippen LogP contribution is 2.42. The number of carbonyl (C=O) groups excluding carboxylic acids is 1. The van der Waals surface area contributed by atoms with E-state index in [2.05, 4.69) is 12.2 Å². The molecule has 3 aromatic rings. The minimum Gasteiger partial charge on any atom is -0.495 e. The number of nitrogens with one attached hydrogen (secondary N) is 1. The summed E-state index contributed by atoms with van der Waals surface area (Å²) in [5, 5.41) is 3.73. The van der Waals surface area contributed by atoms with E-state index in [9.17, 15) is 4.79 Å². The van der Waals surface area contributed by atoms with Crippen molar-refractivity contribution in [3.05, 3.63) is 64.0 Å². The molecule has 0 bridgehead atoms. The number of hydrogen-bond donors (Lipinski definition) is 1. The number of rotatable bonds is 7. The zero-order valence-corrected chi connectivity index (χ0v) is 20.1. The molecule has 7 heteroatoms. The van der Waals surface area contributed by atoms with Gasteiger partial charge in [-0.05, 0) is 55.0 Å². The molecule has 0 saturated carbocycles. The average Bonchev–Trinajstić information content (AvgIpc) is 3.20. The van der Waals surface area contributed by atoms with Gasteiger partial charge in [-0.15, -0.1) is 11.3 Å². The molecule has 1 aromatic heterocycles. The third kappa shape index (κ3) is 4.73. The molecule has 2 aromatic carbocycles. The van der Waals surface area contributed by atoms with Gasteiger partial charge in [0.1, 0.15) is 10.8 Å². The number of amides is 1. The number of methoxy groups -OCH3 is 3. The van der Waals surface area contributed by atoms with Crippen LogP contribution < -0.4 is 19.5 Å². The predicted octanol–water partition coefficient (Wildman–Crippen LogP) is 5.90. The Morgan fingerprint density at radius 2 is 1.82 bits per heavy atom. The minimum atomic E-state index is -0.170. The van der Waals surface area contributed by atoms with Gasteiger partial charge in [-0.25, -0.2) is 4.99 Å². The maximum atomic E-state index is 13.5. The van der Waals surface area contributed by atoms with Crippen LogP contribution in [-0.2, 0) is 12.8 Å². The third-order valence-corrected chi connectivity index (χ3v) is 6.99. The number of benzene rings is 2. The van der Waals surface area contributed by atoms with Crippen molar-refractivity contribution in [2.75, 3.05) is 26.6 Å². The Balaban J connectivity index is 1.73. The van der Waals surface area contributed by atoms with Crippen molar-refractivity contribution in [3.8, 4) is 17.2 Å². The van der Waals surface area contributed by atoms with Crippen molar-refractivity contribution in [3.63, 3.8) is 0 Å². The number of ether oxygens (including phenoxy) is 3. The smallest absolute Gasteiger partial charge is 0.259 e. The van der Waals surface area contributed by atoms with Crippen LogP contribution in [0.3, 0.4) is 0 Å². The van der Waals surface area contributed by atoms with E-state index in [4.69, 9.17) is 19.2 Å². The number of hydrogen-bond acceptors (Lipinski definition) is 6. The van der Waals surface area contributed by atoms with Gasteiger partial charge >= 0.3 is 0 Å². The molecular formula is C26H28N2O4S. The second-order valence-electron chi connectivity index (χ2n) is 8.03. The number of nitrogens with zero attached hydrogens (tertiary/aromatic N) is 1. The van der Waals surface area contributed by atoms with Crippen molar-refractivity contribution >= 4 is 34.1 Å². The van der Waals surface area contributed by atoms with E-state index in [1.165, 1.54) is 4.88 Å². The van der Waals surface area contributed by atoms with Crippen LogP contribution in [0.1, 0.15) is 39.7 Å². The largest absolute Gasteiger partial charge is 0.495 e. The summed E-state index contributed by atoms with van der Waals surface area (Å²) in [6.45, 7) is 2.25. The number of fused-ring (bicyclic) bond motifs is 1. The highest BCUT2D eigenvalue weighted by Gasteiger charge is 2.28. The van der Waals surface area contributed by atoms with E-state index < -0.39 is 0 Å². The normalized spacial score (nSPS) is 15.2. The topological polar surface area (TPSA) is 69.2 Å². The van der Waals surface area contributed by atoms with Gasteiger partial charge in [0.25, 0.3) is 5.91 Å². The Bertz CT molecular complexity index is 1190. The number of para-hydroxylation sites is 3. The van der Waals surface area contributed by atoms with Crippen molar-refractivity contribution in [2.45, 2.75) is 26.2 Å². The van der Waals surface area contributed by atoms with Gasteiger partial charge in [0.15, 0.2) is 11.5 Å². The predicted molar refractivity (Wildman–Crippen MR) is 133 cm³/mol. The van der Waals surface area contributed by atoms with Crippen LogP contribution in [0.15, 0.2) is 47.5 Å². The third-order valence-electron chi connectivity index (χ3n) is 5.83. The molecule has 1 heterocycles. The molecular weight excluding hydrogens is 436 g/mol. The van der Waals surface area contributed by atoms with Gasteiger partial charge in [-0.3, -0.25) is 4.79 Å². The maximum absolute atomic E-state index is 13.5. The van der Waals surface area contributed by atoms with Crippen LogP contribution in [-0.4, -0.2) is 33.5 Å². The van der Waals surface area contributed by atoms with Gasteiger partial charge in [0.05, 0.1) is 32.6 Å². The van der Waals surface area contributed by atoms with Gasteiger partial charge in [0.2, 0.25) is 0 Å². The lowest BCUT2D eigenvalue weighted by Crippen LogP contribution is -2.17. The fourth-order valence-corrected chi connectivity index (χ4v) is 5.49. The minimum absolute atomic E-state index is 0.170. The van der Waals surface area contributed by atoms with Crippen LogP contribution in [0.25, 0.3) is 0 Å². The second-order valence-corrected chi connectivity index (χ2v) is 9.11. The number of aliphatic imine (C=N–C) groups is 1. The molecule has 172 valence electrons. The molecule has 1 amide bonds. The van der Waals surface area contributed by atoms with Crippen LogP contribution in [0.5, 0.6) is 17.2 Å².